The number of hydrogen-bond acceptors (Lipinski definition) is 3. The topological polar surface area (TPSA) is 44.4 Å². The van der Waals surface area contributed by atoms with E-state index in [2.05, 4.69) is 39.8 Å². The molecule has 2 aliphatic heterocycles. The summed E-state index contributed by atoms with van der Waals surface area (Å²) in [6, 6.07) is 8.78. The second-order valence-corrected chi connectivity index (χ2v) is 8.02. The van der Waals surface area contributed by atoms with Crippen molar-refractivity contribution in [3.8, 4) is 0 Å². The van der Waals surface area contributed by atoms with E-state index >= 15 is 0 Å². The molecule has 0 radical (unpaired) electrons. The summed E-state index contributed by atoms with van der Waals surface area (Å²) in [5.74, 6) is 0.914. The Hall–Kier alpha value is -0.810. The number of carbonyl (C=O) groups is 1. The van der Waals surface area contributed by atoms with E-state index in [-0.39, 0.29) is 30.7 Å². The smallest absolute Gasteiger partial charge is 0.220 e. The Morgan fingerprint density at radius 3 is 2.21 bits per heavy atom. The number of hydrogen-bond donors (Lipinski definition) is 2. The number of piperidine rings is 1. The summed E-state index contributed by atoms with van der Waals surface area (Å²) in [5.41, 5.74) is 2.58. The molecule has 6 heteroatoms. The molecule has 0 unspecified atom stereocenters. The fourth-order valence-corrected chi connectivity index (χ4v) is 4.11. The van der Waals surface area contributed by atoms with Crippen LogP contribution in [0.3, 0.4) is 0 Å². The third-order valence-electron chi connectivity index (χ3n) is 5.86. The van der Waals surface area contributed by atoms with Gasteiger partial charge >= 0.3 is 0 Å². The van der Waals surface area contributed by atoms with Crippen molar-refractivity contribution in [2.24, 2.45) is 5.92 Å². The van der Waals surface area contributed by atoms with Gasteiger partial charge in [0.2, 0.25) is 5.91 Å². The molecular weight excluding hydrogens is 393 g/mol. The lowest BCUT2D eigenvalue weighted by Crippen LogP contribution is -2.29. The highest BCUT2D eigenvalue weighted by atomic mass is 35.5. The maximum atomic E-state index is 12.1. The SMILES string of the molecule is Cl.Cl.O=C(CCC1CCNCC1)NCc1ccc(CN2CCCCCC2)cc1. The minimum atomic E-state index is 0. The molecule has 3 rings (SSSR count). The Morgan fingerprint density at radius 1 is 0.964 bits per heavy atom. The van der Waals surface area contributed by atoms with Crippen molar-refractivity contribution in [2.75, 3.05) is 26.2 Å². The summed E-state index contributed by atoms with van der Waals surface area (Å²) in [4.78, 5) is 14.7. The average molecular weight is 430 g/mol. The number of nitrogens with one attached hydrogen (secondary N) is 2. The van der Waals surface area contributed by atoms with Crippen LogP contribution >= 0.6 is 24.8 Å². The lowest BCUT2D eigenvalue weighted by molar-refractivity contribution is -0.121. The van der Waals surface area contributed by atoms with Gasteiger partial charge in [0.1, 0.15) is 0 Å². The molecule has 1 amide bonds. The van der Waals surface area contributed by atoms with Gasteiger partial charge in [0.05, 0.1) is 0 Å². The molecule has 0 aromatic heterocycles. The number of amides is 1. The second-order valence-electron chi connectivity index (χ2n) is 8.02. The Balaban J connectivity index is 0.00000196. The molecule has 0 bridgehead atoms. The van der Waals surface area contributed by atoms with Gasteiger partial charge in [0, 0.05) is 19.5 Å². The molecule has 1 aromatic carbocycles. The van der Waals surface area contributed by atoms with E-state index in [9.17, 15) is 4.79 Å². The first-order valence-electron chi connectivity index (χ1n) is 10.6. The first-order chi connectivity index (χ1) is 12.8. The van der Waals surface area contributed by atoms with Gasteiger partial charge in [-0.05, 0) is 75.3 Å². The number of halogens is 2. The third-order valence-corrected chi connectivity index (χ3v) is 5.86. The lowest BCUT2D eigenvalue weighted by atomic mass is 9.93. The predicted octanol–water partition coefficient (Wildman–Crippen LogP) is 4.30. The molecular formula is C22H37Cl2N3O. The van der Waals surface area contributed by atoms with Crippen LogP contribution in [-0.2, 0) is 17.9 Å². The highest BCUT2D eigenvalue weighted by Gasteiger charge is 2.14. The Kier molecular flexibility index (Phi) is 12.8. The van der Waals surface area contributed by atoms with Crippen LogP contribution < -0.4 is 10.6 Å². The van der Waals surface area contributed by atoms with Gasteiger partial charge in [-0.3, -0.25) is 9.69 Å². The molecule has 2 aliphatic rings. The molecule has 4 nitrogen and oxygen atoms in total. The number of carbonyl (C=O) groups excluding carboxylic acids is 1. The summed E-state index contributed by atoms with van der Waals surface area (Å²) in [6.07, 6.45) is 9.56. The van der Waals surface area contributed by atoms with Crippen molar-refractivity contribution in [2.45, 2.75) is 64.5 Å². The summed E-state index contributed by atoms with van der Waals surface area (Å²) < 4.78 is 0. The molecule has 2 N–H and O–H groups in total. The predicted molar refractivity (Wildman–Crippen MR) is 121 cm³/mol. The van der Waals surface area contributed by atoms with Crippen LogP contribution in [0.15, 0.2) is 24.3 Å². The highest BCUT2D eigenvalue weighted by Crippen LogP contribution is 2.17. The van der Waals surface area contributed by atoms with Crippen molar-refractivity contribution in [1.82, 2.24) is 15.5 Å². The molecule has 160 valence electrons. The molecule has 0 aliphatic carbocycles. The minimum Gasteiger partial charge on any atom is -0.352 e. The zero-order valence-corrected chi connectivity index (χ0v) is 18.6. The fourth-order valence-electron chi connectivity index (χ4n) is 4.11. The number of likely N-dealkylation sites (tertiary alicyclic amines) is 1. The van der Waals surface area contributed by atoms with Gasteiger partial charge in [-0.15, -0.1) is 24.8 Å². The van der Waals surface area contributed by atoms with Gasteiger partial charge in [0.25, 0.3) is 0 Å². The molecule has 0 atom stereocenters. The van der Waals surface area contributed by atoms with Gasteiger partial charge in [-0.25, -0.2) is 0 Å². The van der Waals surface area contributed by atoms with Crippen LogP contribution in [0.25, 0.3) is 0 Å². The third kappa shape index (κ3) is 9.13. The molecule has 2 heterocycles. The standard InChI is InChI=1S/C22H35N3O.2ClH/c26-22(10-9-19-11-13-23-14-12-19)24-17-20-5-7-21(8-6-20)18-25-15-3-1-2-4-16-25;;/h5-8,19,23H,1-4,9-18H2,(H,24,26);2*1H. The Morgan fingerprint density at radius 2 is 1.57 bits per heavy atom. The van der Waals surface area contributed by atoms with E-state index in [0.29, 0.717) is 13.0 Å². The minimum absolute atomic E-state index is 0. The summed E-state index contributed by atoms with van der Waals surface area (Å²) in [5, 5.41) is 6.46. The van der Waals surface area contributed by atoms with Gasteiger partial charge in [0.15, 0.2) is 0 Å². The lowest BCUT2D eigenvalue weighted by Gasteiger charge is -2.22. The van der Waals surface area contributed by atoms with Gasteiger partial charge in [-0.1, -0.05) is 37.1 Å². The normalized spacial score (nSPS) is 18.4. The number of nitrogens with zero attached hydrogens (tertiary/aromatic N) is 1. The Bertz CT molecular complexity index is 539. The molecule has 0 spiro atoms. The average Bonchev–Trinajstić information content (AvgIpc) is 2.95. The van der Waals surface area contributed by atoms with Crippen molar-refractivity contribution in [3.05, 3.63) is 35.4 Å². The van der Waals surface area contributed by atoms with Crippen molar-refractivity contribution in [3.63, 3.8) is 0 Å². The monoisotopic (exact) mass is 429 g/mol. The van der Waals surface area contributed by atoms with Gasteiger partial charge < -0.3 is 10.6 Å². The second kappa shape index (κ2) is 14.2. The van der Waals surface area contributed by atoms with Crippen LogP contribution in [0.1, 0.15) is 62.5 Å². The zero-order valence-electron chi connectivity index (χ0n) is 17.0. The van der Waals surface area contributed by atoms with E-state index < -0.39 is 0 Å². The zero-order chi connectivity index (χ0) is 18.0. The quantitative estimate of drug-likeness (QED) is 0.678. The first kappa shape index (κ1) is 25.2. The Labute approximate surface area is 183 Å². The van der Waals surface area contributed by atoms with E-state index in [1.54, 1.807) is 0 Å². The van der Waals surface area contributed by atoms with Crippen LogP contribution in [0.5, 0.6) is 0 Å². The van der Waals surface area contributed by atoms with E-state index in [1.165, 1.54) is 62.7 Å². The van der Waals surface area contributed by atoms with Crippen LogP contribution in [0.4, 0.5) is 0 Å². The molecule has 28 heavy (non-hydrogen) atoms. The van der Waals surface area contributed by atoms with E-state index in [1.807, 2.05) is 0 Å². The van der Waals surface area contributed by atoms with Crippen molar-refractivity contribution < 1.29 is 4.79 Å². The molecule has 0 saturated carbocycles. The summed E-state index contributed by atoms with van der Waals surface area (Å²) in [6.45, 7) is 6.38. The largest absolute Gasteiger partial charge is 0.352 e. The van der Waals surface area contributed by atoms with Crippen LogP contribution in [-0.4, -0.2) is 37.0 Å². The van der Waals surface area contributed by atoms with Crippen molar-refractivity contribution >= 4 is 30.7 Å². The molecule has 2 fully saturated rings. The molecule has 1 aromatic rings. The fraction of sp³-hybridized carbons (Fsp3) is 0.682. The first-order valence-corrected chi connectivity index (χ1v) is 10.6. The number of rotatable bonds is 7. The molecule has 2 saturated heterocycles. The van der Waals surface area contributed by atoms with Crippen molar-refractivity contribution in [1.29, 1.82) is 0 Å². The summed E-state index contributed by atoms with van der Waals surface area (Å²) >= 11 is 0. The van der Waals surface area contributed by atoms with Crippen LogP contribution in [0, 0.1) is 5.92 Å². The maximum Gasteiger partial charge on any atom is 0.220 e. The number of benzene rings is 1. The van der Waals surface area contributed by atoms with E-state index in [4.69, 9.17) is 0 Å². The van der Waals surface area contributed by atoms with E-state index in [0.717, 1.165) is 32.0 Å². The maximum absolute atomic E-state index is 12.1. The summed E-state index contributed by atoms with van der Waals surface area (Å²) in [7, 11) is 0. The van der Waals surface area contributed by atoms with Crippen LogP contribution in [0.2, 0.25) is 0 Å². The highest BCUT2D eigenvalue weighted by molar-refractivity contribution is 5.85. The van der Waals surface area contributed by atoms with Gasteiger partial charge in [-0.2, -0.15) is 0 Å².